The molecule has 1 N–H and O–H groups in total. The van der Waals surface area contributed by atoms with Crippen molar-refractivity contribution in [1.29, 1.82) is 0 Å². The second kappa shape index (κ2) is 6.23. The smallest absolute Gasteiger partial charge is 0.142 e. The van der Waals surface area contributed by atoms with Gasteiger partial charge in [-0.15, -0.1) is 0 Å². The molecule has 0 aromatic heterocycles. The standard InChI is InChI=1S/C14H10BrCl2FO/c15-9-4-5-11(16)10(7-9)13(19)6-8-2-1-3-12(18)14(8)17/h1-5,7,13,19H,6H2. The molecule has 0 aliphatic rings. The van der Waals surface area contributed by atoms with Gasteiger partial charge in [-0.05, 0) is 29.8 Å². The quantitative estimate of drug-likeness (QED) is 0.797. The van der Waals surface area contributed by atoms with Crippen molar-refractivity contribution in [3.63, 3.8) is 0 Å². The van der Waals surface area contributed by atoms with Gasteiger partial charge in [-0.3, -0.25) is 0 Å². The topological polar surface area (TPSA) is 20.2 Å². The molecule has 0 aliphatic heterocycles. The minimum atomic E-state index is -0.843. The van der Waals surface area contributed by atoms with E-state index in [1.165, 1.54) is 6.07 Å². The summed E-state index contributed by atoms with van der Waals surface area (Å²) in [6.07, 6.45) is -0.642. The second-order valence-electron chi connectivity index (χ2n) is 4.10. The van der Waals surface area contributed by atoms with E-state index in [1.807, 2.05) is 0 Å². The van der Waals surface area contributed by atoms with Crippen LogP contribution in [0.5, 0.6) is 0 Å². The fourth-order valence-corrected chi connectivity index (χ4v) is 2.62. The summed E-state index contributed by atoms with van der Waals surface area (Å²) >= 11 is 15.2. The molecule has 0 heterocycles. The van der Waals surface area contributed by atoms with Gasteiger partial charge in [0.15, 0.2) is 0 Å². The highest BCUT2D eigenvalue weighted by Gasteiger charge is 2.15. The molecule has 0 spiro atoms. The van der Waals surface area contributed by atoms with Crippen LogP contribution in [0.3, 0.4) is 0 Å². The van der Waals surface area contributed by atoms with E-state index in [0.29, 0.717) is 16.1 Å². The molecule has 0 saturated carbocycles. The van der Waals surface area contributed by atoms with Crippen molar-refractivity contribution in [1.82, 2.24) is 0 Å². The monoisotopic (exact) mass is 362 g/mol. The molecular formula is C14H10BrCl2FO. The molecule has 2 aromatic carbocycles. The van der Waals surface area contributed by atoms with E-state index >= 15 is 0 Å². The average Bonchev–Trinajstić information content (AvgIpc) is 2.38. The van der Waals surface area contributed by atoms with Gasteiger partial charge >= 0.3 is 0 Å². The van der Waals surface area contributed by atoms with Gasteiger partial charge < -0.3 is 5.11 Å². The Hall–Kier alpha value is -0.610. The van der Waals surface area contributed by atoms with Crippen LogP contribution in [0, 0.1) is 5.82 Å². The fraction of sp³-hybridized carbons (Fsp3) is 0.143. The zero-order chi connectivity index (χ0) is 14.0. The predicted octanol–water partition coefficient (Wildman–Crippen LogP) is 5.17. The third-order valence-corrected chi connectivity index (χ3v) is 4.02. The van der Waals surface area contributed by atoms with Crippen LogP contribution in [-0.4, -0.2) is 5.11 Å². The molecule has 5 heteroatoms. The summed E-state index contributed by atoms with van der Waals surface area (Å²) < 4.78 is 14.1. The highest BCUT2D eigenvalue weighted by atomic mass is 79.9. The molecule has 19 heavy (non-hydrogen) atoms. The molecule has 1 atom stereocenters. The molecule has 0 bridgehead atoms. The van der Waals surface area contributed by atoms with Gasteiger partial charge in [0.05, 0.1) is 11.1 Å². The number of aliphatic hydroxyl groups excluding tert-OH is 1. The van der Waals surface area contributed by atoms with E-state index in [4.69, 9.17) is 23.2 Å². The van der Waals surface area contributed by atoms with Crippen molar-refractivity contribution in [2.24, 2.45) is 0 Å². The van der Waals surface area contributed by atoms with Gasteiger partial charge in [-0.1, -0.05) is 51.3 Å². The van der Waals surface area contributed by atoms with Crippen molar-refractivity contribution in [3.8, 4) is 0 Å². The zero-order valence-corrected chi connectivity index (χ0v) is 12.8. The third kappa shape index (κ3) is 3.48. The Morgan fingerprint density at radius 1 is 1.21 bits per heavy atom. The summed E-state index contributed by atoms with van der Waals surface area (Å²) in [5, 5.41) is 10.7. The Morgan fingerprint density at radius 3 is 2.68 bits per heavy atom. The lowest BCUT2D eigenvalue weighted by Crippen LogP contribution is -2.03. The van der Waals surface area contributed by atoms with Crippen LogP contribution >= 0.6 is 39.1 Å². The Morgan fingerprint density at radius 2 is 1.95 bits per heavy atom. The first kappa shape index (κ1) is 14.8. The maximum Gasteiger partial charge on any atom is 0.142 e. The van der Waals surface area contributed by atoms with Crippen LogP contribution in [-0.2, 0) is 6.42 Å². The van der Waals surface area contributed by atoms with Gasteiger partial charge in [-0.2, -0.15) is 0 Å². The molecule has 0 aliphatic carbocycles. The van der Waals surface area contributed by atoms with Crippen LogP contribution in [0.15, 0.2) is 40.9 Å². The minimum absolute atomic E-state index is 0.0349. The lowest BCUT2D eigenvalue weighted by atomic mass is 10.0. The molecule has 0 radical (unpaired) electrons. The van der Waals surface area contributed by atoms with E-state index in [-0.39, 0.29) is 11.4 Å². The highest BCUT2D eigenvalue weighted by Crippen LogP contribution is 2.30. The summed E-state index contributed by atoms with van der Waals surface area (Å²) in [5.41, 5.74) is 1.13. The lowest BCUT2D eigenvalue weighted by Gasteiger charge is -2.14. The molecule has 1 unspecified atom stereocenters. The minimum Gasteiger partial charge on any atom is -0.388 e. The summed E-state index contributed by atoms with van der Waals surface area (Å²) in [5.74, 6) is -0.494. The summed E-state index contributed by atoms with van der Waals surface area (Å²) in [7, 11) is 0. The highest BCUT2D eigenvalue weighted by molar-refractivity contribution is 9.10. The molecule has 100 valence electrons. The number of hydrogen-bond donors (Lipinski definition) is 1. The Balaban J connectivity index is 2.28. The lowest BCUT2D eigenvalue weighted by molar-refractivity contribution is 0.178. The molecule has 0 amide bonds. The van der Waals surface area contributed by atoms with Crippen molar-refractivity contribution >= 4 is 39.1 Å². The van der Waals surface area contributed by atoms with Crippen molar-refractivity contribution < 1.29 is 9.50 Å². The fourth-order valence-electron chi connectivity index (χ4n) is 1.79. The first-order chi connectivity index (χ1) is 8.99. The van der Waals surface area contributed by atoms with E-state index in [2.05, 4.69) is 15.9 Å². The normalized spacial score (nSPS) is 12.5. The second-order valence-corrected chi connectivity index (χ2v) is 5.80. The zero-order valence-electron chi connectivity index (χ0n) is 9.71. The number of benzene rings is 2. The predicted molar refractivity (Wildman–Crippen MR) is 79.2 cm³/mol. The van der Waals surface area contributed by atoms with E-state index in [9.17, 15) is 9.50 Å². The van der Waals surface area contributed by atoms with Crippen LogP contribution in [0.2, 0.25) is 10.0 Å². The Kier molecular flexibility index (Phi) is 4.85. The van der Waals surface area contributed by atoms with Gasteiger partial charge in [0, 0.05) is 21.5 Å². The Bertz CT molecular complexity index is 604. The summed E-state index contributed by atoms with van der Waals surface area (Å²) in [6, 6.07) is 9.74. The first-order valence-electron chi connectivity index (χ1n) is 5.55. The van der Waals surface area contributed by atoms with Crippen LogP contribution < -0.4 is 0 Å². The van der Waals surface area contributed by atoms with Gasteiger partial charge in [0.25, 0.3) is 0 Å². The Labute approximate surface area is 129 Å². The number of aliphatic hydroxyl groups is 1. The van der Waals surface area contributed by atoms with Gasteiger partial charge in [0.1, 0.15) is 5.82 Å². The van der Waals surface area contributed by atoms with Crippen molar-refractivity contribution in [2.75, 3.05) is 0 Å². The molecular weight excluding hydrogens is 354 g/mol. The average molecular weight is 364 g/mol. The van der Waals surface area contributed by atoms with E-state index in [1.54, 1.807) is 30.3 Å². The first-order valence-corrected chi connectivity index (χ1v) is 7.10. The maximum atomic E-state index is 13.3. The number of rotatable bonds is 3. The molecule has 2 rings (SSSR count). The largest absolute Gasteiger partial charge is 0.388 e. The van der Waals surface area contributed by atoms with E-state index in [0.717, 1.165) is 4.47 Å². The molecule has 0 fully saturated rings. The summed E-state index contributed by atoms with van der Waals surface area (Å²) in [4.78, 5) is 0. The van der Waals surface area contributed by atoms with E-state index < -0.39 is 11.9 Å². The van der Waals surface area contributed by atoms with Gasteiger partial charge in [-0.25, -0.2) is 4.39 Å². The van der Waals surface area contributed by atoms with Crippen LogP contribution in [0.4, 0.5) is 4.39 Å². The van der Waals surface area contributed by atoms with Crippen molar-refractivity contribution in [3.05, 3.63) is 67.9 Å². The number of hydrogen-bond acceptors (Lipinski definition) is 1. The SMILES string of the molecule is OC(Cc1cccc(F)c1Cl)c1cc(Br)ccc1Cl. The molecule has 2 aromatic rings. The van der Waals surface area contributed by atoms with Crippen molar-refractivity contribution in [2.45, 2.75) is 12.5 Å². The third-order valence-electron chi connectivity index (χ3n) is 2.76. The van der Waals surface area contributed by atoms with Crippen LogP contribution in [0.25, 0.3) is 0 Å². The molecule has 0 saturated heterocycles. The summed E-state index contributed by atoms with van der Waals surface area (Å²) in [6.45, 7) is 0. The van der Waals surface area contributed by atoms with Gasteiger partial charge in [0.2, 0.25) is 0 Å². The van der Waals surface area contributed by atoms with Crippen LogP contribution in [0.1, 0.15) is 17.2 Å². The molecule has 1 nitrogen and oxygen atoms in total. The number of halogens is 4. The maximum absolute atomic E-state index is 13.3.